The van der Waals surface area contributed by atoms with E-state index in [1.807, 2.05) is 4.57 Å². The van der Waals surface area contributed by atoms with Crippen molar-refractivity contribution in [3.8, 4) is 0 Å². The van der Waals surface area contributed by atoms with E-state index in [4.69, 9.17) is 16.3 Å². The lowest BCUT2D eigenvalue weighted by Crippen LogP contribution is -2.12. The molecule has 1 N–H and O–H groups in total. The van der Waals surface area contributed by atoms with E-state index < -0.39 is 0 Å². The van der Waals surface area contributed by atoms with Crippen LogP contribution in [0.3, 0.4) is 0 Å². The van der Waals surface area contributed by atoms with Gasteiger partial charge in [-0.15, -0.1) is 0 Å². The molecule has 0 spiro atoms. The summed E-state index contributed by atoms with van der Waals surface area (Å²) in [7, 11) is 1.66. The molecule has 0 fully saturated rings. The van der Waals surface area contributed by atoms with Gasteiger partial charge in [0.1, 0.15) is 5.52 Å². The summed E-state index contributed by atoms with van der Waals surface area (Å²) < 4.78 is 7.07. The Morgan fingerprint density at radius 2 is 2.21 bits per heavy atom. The summed E-state index contributed by atoms with van der Waals surface area (Å²) in [6, 6.07) is 0. The first-order chi connectivity index (χ1) is 9.11. The number of rotatable bonds is 6. The number of halogens is 1. The number of nitrogens with one attached hydrogen (secondary N) is 1. The number of methoxy groups -OCH3 is 1. The maximum absolute atomic E-state index is 5.91. The molecule has 19 heavy (non-hydrogen) atoms. The molecular weight excluding hydrogens is 266 g/mol. The third-order valence-corrected chi connectivity index (χ3v) is 2.77. The van der Waals surface area contributed by atoms with Crippen molar-refractivity contribution >= 4 is 28.6 Å². The number of imidazole rings is 1. The highest BCUT2D eigenvalue weighted by Crippen LogP contribution is 2.22. The summed E-state index contributed by atoms with van der Waals surface area (Å²) in [5.74, 6) is 1.21. The molecule has 0 saturated heterocycles. The molecule has 6 nitrogen and oxygen atoms in total. The monoisotopic (exact) mass is 283 g/mol. The molecule has 104 valence electrons. The first kappa shape index (κ1) is 14.0. The molecule has 0 atom stereocenters. The van der Waals surface area contributed by atoms with Crippen molar-refractivity contribution in [1.29, 1.82) is 0 Å². The minimum absolute atomic E-state index is 0.196. The molecule has 0 aliphatic carbocycles. The van der Waals surface area contributed by atoms with Crippen molar-refractivity contribution in [2.24, 2.45) is 5.92 Å². The van der Waals surface area contributed by atoms with E-state index in [1.54, 1.807) is 13.4 Å². The normalized spacial score (nSPS) is 11.4. The minimum Gasteiger partial charge on any atom is -0.383 e. The summed E-state index contributed by atoms with van der Waals surface area (Å²) in [5.41, 5.74) is 1.50. The second kappa shape index (κ2) is 6.16. The van der Waals surface area contributed by atoms with Gasteiger partial charge in [-0.2, -0.15) is 9.97 Å². The van der Waals surface area contributed by atoms with Gasteiger partial charge in [0.05, 0.1) is 12.9 Å². The zero-order valence-corrected chi connectivity index (χ0v) is 12.1. The van der Waals surface area contributed by atoms with Crippen LogP contribution in [0, 0.1) is 5.92 Å². The van der Waals surface area contributed by atoms with Crippen molar-refractivity contribution in [2.45, 2.75) is 20.4 Å². The number of hydrogen-bond donors (Lipinski definition) is 1. The van der Waals surface area contributed by atoms with E-state index in [0.717, 1.165) is 12.1 Å². The van der Waals surface area contributed by atoms with Crippen LogP contribution in [0.2, 0.25) is 5.28 Å². The number of anilines is 1. The lowest BCUT2D eigenvalue weighted by atomic mass is 10.2. The van der Waals surface area contributed by atoms with Crippen LogP contribution in [-0.4, -0.2) is 39.8 Å². The molecule has 2 aromatic rings. The van der Waals surface area contributed by atoms with Gasteiger partial charge in [-0.3, -0.25) is 0 Å². The maximum atomic E-state index is 5.91. The molecule has 0 bridgehead atoms. The number of ether oxygens (including phenoxy) is 1. The largest absolute Gasteiger partial charge is 0.383 e. The minimum atomic E-state index is 0.196. The SMILES string of the molecule is COCCNc1nc(Cl)nc2ncn(CC(C)C)c12. The lowest BCUT2D eigenvalue weighted by molar-refractivity contribution is 0.210. The number of nitrogens with zero attached hydrogens (tertiary/aromatic N) is 4. The van der Waals surface area contributed by atoms with E-state index in [2.05, 4.69) is 34.1 Å². The molecule has 0 unspecified atom stereocenters. The van der Waals surface area contributed by atoms with Gasteiger partial charge in [0, 0.05) is 20.2 Å². The van der Waals surface area contributed by atoms with Gasteiger partial charge in [-0.05, 0) is 17.5 Å². The zero-order chi connectivity index (χ0) is 13.8. The third kappa shape index (κ3) is 3.33. The molecule has 0 amide bonds. The first-order valence-corrected chi connectivity index (χ1v) is 6.60. The molecule has 0 aliphatic rings. The molecular formula is C12H18ClN5O. The van der Waals surface area contributed by atoms with Crippen LogP contribution < -0.4 is 5.32 Å². The maximum Gasteiger partial charge on any atom is 0.226 e. The second-order valence-electron chi connectivity index (χ2n) is 4.72. The van der Waals surface area contributed by atoms with Gasteiger partial charge in [0.25, 0.3) is 0 Å². The van der Waals surface area contributed by atoms with Crippen molar-refractivity contribution in [3.63, 3.8) is 0 Å². The topological polar surface area (TPSA) is 64.9 Å². The van der Waals surface area contributed by atoms with Gasteiger partial charge in [0.15, 0.2) is 11.5 Å². The summed E-state index contributed by atoms with van der Waals surface area (Å²) in [4.78, 5) is 12.7. The predicted molar refractivity (Wildman–Crippen MR) is 75.5 cm³/mol. The average Bonchev–Trinajstić information content (AvgIpc) is 2.71. The molecule has 0 aromatic carbocycles. The van der Waals surface area contributed by atoms with Crippen LogP contribution in [0.25, 0.3) is 11.2 Å². The van der Waals surface area contributed by atoms with Crippen molar-refractivity contribution in [3.05, 3.63) is 11.6 Å². The smallest absolute Gasteiger partial charge is 0.226 e. The molecule has 2 rings (SSSR count). The number of hydrogen-bond acceptors (Lipinski definition) is 5. The van der Waals surface area contributed by atoms with E-state index in [0.29, 0.717) is 30.5 Å². The molecule has 2 heterocycles. The Hall–Kier alpha value is -1.40. The van der Waals surface area contributed by atoms with Crippen molar-refractivity contribution < 1.29 is 4.74 Å². The quantitative estimate of drug-likeness (QED) is 0.650. The highest BCUT2D eigenvalue weighted by Gasteiger charge is 2.13. The Bertz CT molecular complexity index is 554. The van der Waals surface area contributed by atoms with Crippen LogP contribution in [0.4, 0.5) is 5.82 Å². The standard InChI is InChI=1S/C12H18ClN5O/c1-8(2)6-18-7-15-11-9(18)10(14-4-5-19-3)16-12(13)17-11/h7-8H,4-6H2,1-3H3,(H,14,16,17). The fraction of sp³-hybridized carbons (Fsp3) is 0.583. The van der Waals surface area contributed by atoms with Crippen molar-refractivity contribution in [1.82, 2.24) is 19.5 Å². The highest BCUT2D eigenvalue weighted by molar-refractivity contribution is 6.28. The molecule has 7 heteroatoms. The predicted octanol–water partition coefficient (Wildman–Crippen LogP) is 2.19. The van der Waals surface area contributed by atoms with Gasteiger partial charge in [-0.25, -0.2) is 4.98 Å². The molecule has 0 radical (unpaired) electrons. The van der Waals surface area contributed by atoms with E-state index >= 15 is 0 Å². The molecule has 0 aliphatic heterocycles. The van der Waals surface area contributed by atoms with Gasteiger partial charge < -0.3 is 14.6 Å². The average molecular weight is 284 g/mol. The van der Waals surface area contributed by atoms with E-state index in [1.165, 1.54) is 0 Å². The summed E-state index contributed by atoms with van der Waals surface area (Å²) >= 11 is 5.91. The molecule has 0 saturated carbocycles. The Kier molecular flexibility index (Phi) is 4.55. The Morgan fingerprint density at radius 3 is 2.89 bits per heavy atom. The number of fused-ring (bicyclic) bond motifs is 1. The van der Waals surface area contributed by atoms with Gasteiger partial charge in [-0.1, -0.05) is 13.8 Å². The Labute approximate surface area is 117 Å². The first-order valence-electron chi connectivity index (χ1n) is 6.23. The van der Waals surface area contributed by atoms with Crippen LogP contribution in [0.1, 0.15) is 13.8 Å². The van der Waals surface area contributed by atoms with Gasteiger partial charge in [0.2, 0.25) is 5.28 Å². The highest BCUT2D eigenvalue weighted by atomic mass is 35.5. The summed E-state index contributed by atoms with van der Waals surface area (Å²) in [6.07, 6.45) is 1.77. The van der Waals surface area contributed by atoms with Crippen LogP contribution in [0.15, 0.2) is 6.33 Å². The van der Waals surface area contributed by atoms with Gasteiger partial charge >= 0.3 is 0 Å². The van der Waals surface area contributed by atoms with Crippen LogP contribution in [0.5, 0.6) is 0 Å². The lowest BCUT2D eigenvalue weighted by Gasteiger charge is -2.11. The zero-order valence-electron chi connectivity index (χ0n) is 11.4. The second-order valence-corrected chi connectivity index (χ2v) is 5.06. The van der Waals surface area contributed by atoms with Crippen molar-refractivity contribution in [2.75, 3.05) is 25.6 Å². The summed E-state index contributed by atoms with van der Waals surface area (Å²) in [6.45, 7) is 6.43. The van der Waals surface area contributed by atoms with Crippen LogP contribution in [-0.2, 0) is 11.3 Å². The summed E-state index contributed by atoms with van der Waals surface area (Å²) in [5, 5.41) is 3.40. The Morgan fingerprint density at radius 1 is 1.42 bits per heavy atom. The number of aromatic nitrogens is 4. The Balaban J connectivity index is 2.37. The van der Waals surface area contributed by atoms with Crippen LogP contribution >= 0.6 is 11.6 Å². The fourth-order valence-electron chi connectivity index (χ4n) is 1.88. The third-order valence-electron chi connectivity index (χ3n) is 2.61. The van der Waals surface area contributed by atoms with E-state index in [-0.39, 0.29) is 5.28 Å². The fourth-order valence-corrected chi connectivity index (χ4v) is 2.04. The van der Waals surface area contributed by atoms with E-state index in [9.17, 15) is 0 Å². The molecule has 2 aromatic heterocycles.